The average Bonchev–Trinajstić information content (AvgIpc) is 2.25. The Labute approximate surface area is 104 Å². The predicted octanol–water partition coefficient (Wildman–Crippen LogP) is 3.06. The van der Waals surface area contributed by atoms with Gasteiger partial charge in [-0.3, -0.25) is 0 Å². The molecule has 96 valence electrons. The van der Waals surface area contributed by atoms with E-state index in [1.165, 1.54) is 0 Å². The molecule has 1 aromatic heterocycles. The van der Waals surface area contributed by atoms with Gasteiger partial charge in [-0.1, -0.05) is 27.7 Å². The first-order valence-corrected chi connectivity index (χ1v) is 6.24. The van der Waals surface area contributed by atoms with Crippen LogP contribution in [0.3, 0.4) is 0 Å². The van der Waals surface area contributed by atoms with Crippen LogP contribution in [0.4, 0.5) is 11.8 Å². The third-order valence-corrected chi connectivity index (χ3v) is 2.29. The van der Waals surface area contributed by atoms with Gasteiger partial charge in [-0.25, -0.2) is 4.98 Å². The summed E-state index contributed by atoms with van der Waals surface area (Å²) in [4.78, 5) is 8.74. The van der Waals surface area contributed by atoms with Crippen LogP contribution in [0.2, 0.25) is 0 Å². The lowest BCUT2D eigenvalue weighted by atomic mass is 9.97. The van der Waals surface area contributed by atoms with Crippen molar-refractivity contribution in [2.45, 2.75) is 41.0 Å². The van der Waals surface area contributed by atoms with Gasteiger partial charge in [0.2, 0.25) is 5.95 Å². The molecule has 4 nitrogen and oxygen atoms in total. The standard InChI is InChI=1S/C13H24N4/c1-6-7-14-12-15-8-10(2)11(17-12)16-9-13(3,4)5/h8H,6-7,9H2,1-5H3,(H2,14,15,16,17). The molecule has 0 aromatic carbocycles. The van der Waals surface area contributed by atoms with Gasteiger partial charge in [0.1, 0.15) is 5.82 Å². The highest BCUT2D eigenvalue weighted by Gasteiger charge is 2.11. The molecule has 0 saturated carbocycles. The summed E-state index contributed by atoms with van der Waals surface area (Å²) in [5.41, 5.74) is 1.32. The fourth-order valence-corrected chi connectivity index (χ4v) is 1.29. The molecule has 1 rings (SSSR count). The Morgan fingerprint density at radius 1 is 1.24 bits per heavy atom. The van der Waals surface area contributed by atoms with Crippen LogP contribution >= 0.6 is 0 Å². The van der Waals surface area contributed by atoms with Crippen molar-refractivity contribution in [2.75, 3.05) is 23.7 Å². The summed E-state index contributed by atoms with van der Waals surface area (Å²) < 4.78 is 0. The third kappa shape index (κ3) is 5.02. The second-order valence-corrected chi connectivity index (χ2v) is 5.57. The first-order valence-electron chi connectivity index (χ1n) is 6.24. The van der Waals surface area contributed by atoms with Gasteiger partial charge in [0.15, 0.2) is 0 Å². The summed E-state index contributed by atoms with van der Waals surface area (Å²) in [6.45, 7) is 12.6. The van der Waals surface area contributed by atoms with E-state index in [1.54, 1.807) is 0 Å². The van der Waals surface area contributed by atoms with Gasteiger partial charge in [0.05, 0.1) is 0 Å². The van der Waals surface area contributed by atoms with E-state index in [-0.39, 0.29) is 5.41 Å². The zero-order valence-corrected chi connectivity index (χ0v) is 11.6. The van der Waals surface area contributed by atoms with Crippen LogP contribution in [0.1, 0.15) is 39.7 Å². The van der Waals surface area contributed by atoms with Crippen molar-refractivity contribution >= 4 is 11.8 Å². The molecule has 1 heterocycles. The van der Waals surface area contributed by atoms with Gasteiger partial charge in [-0.05, 0) is 18.8 Å². The van der Waals surface area contributed by atoms with E-state index >= 15 is 0 Å². The fourth-order valence-electron chi connectivity index (χ4n) is 1.29. The first-order chi connectivity index (χ1) is 7.92. The number of hydrogen-bond donors (Lipinski definition) is 2. The first kappa shape index (κ1) is 13.7. The maximum atomic E-state index is 4.48. The van der Waals surface area contributed by atoms with E-state index in [9.17, 15) is 0 Å². The van der Waals surface area contributed by atoms with Crippen LogP contribution in [0.25, 0.3) is 0 Å². The number of anilines is 2. The highest BCUT2D eigenvalue weighted by Crippen LogP contribution is 2.17. The molecule has 0 aliphatic rings. The fraction of sp³-hybridized carbons (Fsp3) is 0.692. The number of aromatic nitrogens is 2. The minimum atomic E-state index is 0.244. The lowest BCUT2D eigenvalue weighted by Gasteiger charge is -2.20. The Morgan fingerprint density at radius 2 is 1.94 bits per heavy atom. The van der Waals surface area contributed by atoms with Crippen LogP contribution in [-0.2, 0) is 0 Å². The molecule has 0 aliphatic carbocycles. The van der Waals surface area contributed by atoms with Crippen molar-refractivity contribution < 1.29 is 0 Å². The summed E-state index contributed by atoms with van der Waals surface area (Å²) in [6, 6.07) is 0. The van der Waals surface area contributed by atoms with E-state index in [1.807, 2.05) is 13.1 Å². The van der Waals surface area contributed by atoms with E-state index in [4.69, 9.17) is 0 Å². The quantitative estimate of drug-likeness (QED) is 0.825. The van der Waals surface area contributed by atoms with Crippen LogP contribution in [0.15, 0.2) is 6.20 Å². The average molecular weight is 236 g/mol. The van der Waals surface area contributed by atoms with Gasteiger partial charge in [0.25, 0.3) is 0 Å². The smallest absolute Gasteiger partial charge is 0.224 e. The Bertz CT molecular complexity index is 355. The van der Waals surface area contributed by atoms with E-state index < -0.39 is 0 Å². The molecule has 0 saturated heterocycles. The number of hydrogen-bond acceptors (Lipinski definition) is 4. The topological polar surface area (TPSA) is 49.8 Å². The Kier molecular flexibility index (Phi) is 4.73. The highest BCUT2D eigenvalue weighted by atomic mass is 15.1. The Morgan fingerprint density at radius 3 is 2.53 bits per heavy atom. The van der Waals surface area contributed by atoms with Crippen molar-refractivity contribution in [3.8, 4) is 0 Å². The highest BCUT2D eigenvalue weighted by molar-refractivity contribution is 5.46. The molecule has 17 heavy (non-hydrogen) atoms. The lowest BCUT2D eigenvalue weighted by molar-refractivity contribution is 0.442. The monoisotopic (exact) mass is 236 g/mol. The molecule has 0 radical (unpaired) electrons. The third-order valence-electron chi connectivity index (χ3n) is 2.29. The summed E-state index contributed by atoms with van der Waals surface area (Å²) in [6.07, 6.45) is 2.93. The maximum Gasteiger partial charge on any atom is 0.224 e. The molecular weight excluding hydrogens is 212 g/mol. The normalized spacial score (nSPS) is 11.4. The Balaban J connectivity index is 2.69. The van der Waals surface area contributed by atoms with Gasteiger partial charge in [-0.15, -0.1) is 0 Å². The zero-order valence-electron chi connectivity index (χ0n) is 11.6. The molecule has 0 fully saturated rings. The summed E-state index contributed by atoms with van der Waals surface area (Å²) >= 11 is 0. The second kappa shape index (κ2) is 5.84. The number of rotatable bonds is 5. The maximum absolute atomic E-state index is 4.48. The van der Waals surface area contributed by atoms with Crippen molar-refractivity contribution in [1.82, 2.24) is 9.97 Å². The molecule has 4 heteroatoms. The number of nitrogens with zero attached hydrogens (tertiary/aromatic N) is 2. The van der Waals surface area contributed by atoms with E-state index in [0.717, 1.165) is 30.9 Å². The van der Waals surface area contributed by atoms with Crippen molar-refractivity contribution in [3.05, 3.63) is 11.8 Å². The van der Waals surface area contributed by atoms with E-state index in [0.29, 0.717) is 5.95 Å². The molecular formula is C13H24N4. The molecule has 1 aromatic rings. The number of nitrogens with one attached hydrogen (secondary N) is 2. The summed E-state index contributed by atoms with van der Waals surface area (Å²) in [5, 5.41) is 6.58. The largest absolute Gasteiger partial charge is 0.369 e. The van der Waals surface area contributed by atoms with Crippen LogP contribution in [-0.4, -0.2) is 23.1 Å². The van der Waals surface area contributed by atoms with Gasteiger partial charge in [0, 0.05) is 24.8 Å². The second-order valence-electron chi connectivity index (χ2n) is 5.57. The lowest BCUT2D eigenvalue weighted by Crippen LogP contribution is -2.20. The minimum absolute atomic E-state index is 0.244. The molecule has 0 unspecified atom stereocenters. The van der Waals surface area contributed by atoms with Crippen molar-refractivity contribution in [1.29, 1.82) is 0 Å². The van der Waals surface area contributed by atoms with Crippen LogP contribution in [0.5, 0.6) is 0 Å². The summed E-state index contributed by atoms with van der Waals surface area (Å²) in [5.74, 6) is 1.63. The minimum Gasteiger partial charge on any atom is -0.369 e. The zero-order chi connectivity index (χ0) is 12.9. The molecule has 0 aliphatic heterocycles. The Hall–Kier alpha value is -1.32. The van der Waals surface area contributed by atoms with Gasteiger partial charge < -0.3 is 10.6 Å². The number of aryl methyl sites for hydroxylation is 1. The van der Waals surface area contributed by atoms with E-state index in [2.05, 4.69) is 48.3 Å². The SMILES string of the molecule is CCCNc1ncc(C)c(NCC(C)(C)C)n1. The van der Waals surface area contributed by atoms with Crippen molar-refractivity contribution in [2.24, 2.45) is 5.41 Å². The molecule has 0 spiro atoms. The van der Waals surface area contributed by atoms with Crippen LogP contribution < -0.4 is 10.6 Å². The predicted molar refractivity (Wildman–Crippen MR) is 73.5 cm³/mol. The van der Waals surface area contributed by atoms with Gasteiger partial charge >= 0.3 is 0 Å². The van der Waals surface area contributed by atoms with Crippen LogP contribution in [0, 0.1) is 12.3 Å². The van der Waals surface area contributed by atoms with Gasteiger partial charge in [-0.2, -0.15) is 4.98 Å². The molecule has 0 bridgehead atoms. The molecule has 0 amide bonds. The molecule has 0 atom stereocenters. The summed E-state index contributed by atoms with van der Waals surface area (Å²) in [7, 11) is 0. The van der Waals surface area contributed by atoms with Crippen molar-refractivity contribution in [3.63, 3.8) is 0 Å². The molecule has 2 N–H and O–H groups in total.